The predicted octanol–water partition coefficient (Wildman–Crippen LogP) is 7.38. The molecule has 0 unspecified atom stereocenters. The number of halogens is 2. The van der Waals surface area contributed by atoms with Crippen LogP contribution in [0.1, 0.15) is 81.4 Å². The maximum absolute atomic E-state index is 15.4. The van der Waals surface area contributed by atoms with Gasteiger partial charge in [-0.25, -0.2) is 9.18 Å². The lowest BCUT2D eigenvalue weighted by Gasteiger charge is -2.64. The van der Waals surface area contributed by atoms with Gasteiger partial charge in [0.15, 0.2) is 17.2 Å². The number of benzene rings is 3. The number of carbonyl (C=O) groups excluding carboxylic acids is 2. The van der Waals surface area contributed by atoms with Crippen molar-refractivity contribution in [1.82, 2.24) is 5.32 Å². The minimum absolute atomic E-state index is 0.00770. The number of hydrogen-bond donors (Lipinski definition) is 1. The van der Waals surface area contributed by atoms with Crippen LogP contribution in [-0.2, 0) is 36.7 Å². The molecule has 0 spiro atoms. The predicted molar refractivity (Wildman–Crippen MR) is 206 cm³/mol. The van der Waals surface area contributed by atoms with Crippen molar-refractivity contribution >= 4 is 36.3 Å². The smallest absolute Gasteiger partial charge is 0.482 e. The SMILES string of the molecule is COc1ccc(/C(=N\OCc2ccccc2)C(=O)N[C@@H](Cc2ccc(F)c(C(=O)OC(C)(C)C)c2OC)B2O[C@@H]3C[C@@H]4C[C@@H](C4(C)C)[C@]3(C)O2)c(Cl)c1OC. The minimum Gasteiger partial charge on any atom is -0.495 e. The molecule has 294 valence electrons. The van der Waals surface area contributed by atoms with Crippen LogP contribution in [0.15, 0.2) is 59.8 Å². The lowest BCUT2D eigenvalue weighted by atomic mass is 9.43. The summed E-state index contributed by atoms with van der Waals surface area (Å²) < 4.78 is 51.1. The second-order valence-electron chi connectivity index (χ2n) is 16.1. The van der Waals surface area contributed by atoms with E-state index in [9.17, 15) is 9.59 Å². The highest BCUT2D eigenvalue weighted by Crippen LogP contribution is 2.65. The number of carbonyl (C=O) groups is 2. The molecule has 7 rings (SSSR count). The van der Waals surface area contributed by atoms with Crippen molar-refractivity contribution in [2.24, 2.45) is 22.4 Å². The number of hydrogen-bond acceptors (Lipinski definition) is 10. The van der Waals surface area contributed by atoms with Crippen molar-refractivity contribution in [2.45, 2.75) is 90.7 Å². The first kappa shape index (κ1) is 40.3. The van der Waals surface area contributed by atoms with Gasteiger partial charge < -0.3 is 38.4 Å². The maximum atomic E-state index is 15.4. The van der Waals surface area contributed by atoms with Gasteiger partial charge in [-0.1, -0.05) is 67.0 Å². The largest absolute Gasteiger partial charge is 0.495 e. The van der Waals surface area contributed by atoms with Gasteiger partial charge in [-0.15, -0.1) is 0 Å². The first-order valence-electron chi connectivity index (χ1n) is 18.4. The molecule has 4 aliphatic rings. The van der Waals surface area contributed by atoms with Crippen molar-refractivity contribution < 1.29 is 47.1 Å². The van der Waals surface area contributed by atoms with Crippen LogP contribution < -0.4 is 19.5 Å². The summed E-state index contributed by atoms with van der Waals surface area (Å²) in [6.45, 7) is 11.7. The van der Waals surface area contributed by atoms with E-state index in [1.807, 2.05) is 30.3 Å². The first-order chi connectivity index (χ1) is 26.0. The molecule has 1 amide bonds. The molecule has 55 heavy (non-hydrogen) atoms. The molecule has 1 saturated heterocycles. The molecule has 3 aromatic carbocycles. The van der Waals surface area contributed by atoms with Gasteiger partial charge >= 0.3 is 13.1 Å². The normalized spacial score (nSPS) is 23.2. The monoisotopic (exact) mass is 778 g/mol. The van der Waals surface area contributed by atoms with E-state index in [1.165, 1.54) is 33.5 Å². The van der Waals surface area contributed by atoms with Gasteiger partial charge in [-0.3, -0.25) is 4.79 Å². The van der Waals surface area contributed by atoms with E-state index in [0.717, 1.165) is 18.4 Å². The van der Waals surface area contributed by atoms with E-state index in [1.54, 1.807) is 32.9 Å². The highest BCUT2D eigenvalue weighted by Gasteiger charge is 2.68. The zero-order valence-electron chi connectivity index (χ0n) is 32.8. The van der Waals surface area contributed by atoms with Gasteiger partial charge in [0, 0.05) is 5.56 Å². The van der Waals surface area contributed by atoms with Crippen molar-refractivity contribution in [3.05, 3.63) is 87.7 Å². The Kier molecular flexibility index (Phi) is 11.5. The number of rotatable bonds is 13. The van der Waals surface area contributed by atoms with Gasteiger partial charge in [-0.05, 0) is 93.5 Å². The molecule has 0 aromatic heterocycles. The second kappa shape index (κ2) is 15.7. The topological polar surface area (TPSA) is 123 Å². The van der Waals surface area contributed by atoms with E-state index in [-0.39, 0.29) is 63.8 Å². The Labute approximate surface area is 327 Å². The number of nitrogens with zero attached hydrogens (tertiary/aromatic N) is 1. The van der Waals surface area contributed by atoms with E-state index in [4.69, 9.17) is 44.7 Å². The first-order valence-corrected chi connectivity index (χ1v) is 18.8. The number of ether oxygens (including phenoxy) is 4. The third kappa shape index (κ3) is 7.88. The highest BCUT2D eigenvalue weighted by atomic mass is 35.5. The fourth-order valence-corrected chi connectivity index (χ4v) is 8.63. The lowest BCUT2D eigenvalue weighted by molar-refractivity contribution is -0.199. The van der Waals surface area contributed by atoms with Crippen LogP contribution >= 0.6 is 11.6 Å². The Morgan fingerprint density at radius 1 is 1.00 bits per heavy atom. The fourth-order valence-electron chi connectivity index (χ4n) is 8.31. The third-order valence-electron chi connectivity index (χ3n) is 11.2. The van der Waals surface area contributed by atoms with Crippen LogP contribution in [-0.4, -0.2) is 69.3 Å². The standard InChI is InChI=1S/C41H49BClFN2O9/c1-39(2,3)53-38(48)32-27(44)17-15-24(35(32)50-8)19-31(42-54-30-21-25-20-29(40(25,4)5)41(30,6)55-42)45-37(47)34(46-52-22-23-13-11-10-12-14-23)26-16-18-28(49-7)36(51-9)33(26)43/h10-18,25,29-31H,19-22H2,1-9H3,(H,45,47)/b46-34+/t25-,29-,30+,31-,41-/m0/s1. The van der Waals surface area contributed by atoms with E-state index in [0.29, 0.717) is 17.2 Å². The lowest BCUT2D eigenvalue weighted by Crippen LogP contribution is -2.65. The van der Waals surface area contributed by atoms with Crippen molar-refractivity contribution in [1.29, 1.82) is 0 Å². The molecule has 14 heteroatoms. The summed E-state index contributed by atoms with van der Waals surface area (Å²) in [4.78, 5) is 33.7. The average molecular weight is 779 g/mol. The molecule has 2 bridgehead atoms. The Bertz CT molecular complexity index is 1960. The highest BCUT2D eigenvalue weighted by molar-refractivity contribution is 6.52. The van der Waals surface area contributed by atoms with Crippen LogP contribution in [0.2, 0.25) is 5.02 Å². The second-order valence-corrected chi connectivity index (χ2v) is 16.5. The van der Waals surface area contributed by atoms with Gasteiger partial charge in [0.05, 0.1) is 44.0 Å². The molecule has 3 aliphatic carbocycles. The van der Waals surface area contributed by atoms with Gasteiger partial charge in [0.2, 0.25) is 0 Å². The van der Waals surface area contributed by atoms with Crippen LogP contribution in [0.25, 0.3) is 0 Å². The van der Waals surface area contributed by atoms with Crippen LogP contribution in [0.4, 0.5) is 4.39 Å². The summed E-state index contributed by atoms with van der Waals surface area (Å²) in [7, 11) is 3.32. The summed E-state index contributed by atoms with van der Waals surface area (Å²) >= 11 is 6.85. The molecule has 4 fully saturated rings. The van der Waals surface area contributed by atoms with E-state index in [2.05, 4.69) is 31.2 Å². The van der Waals surface area contributed by atoms with Crippen molar-refractivity contribution in [2.75, 3.05) is 21.3 Å². The quantitative estimate of drug-likeness (QED) is 0.0820. The Balaban J connectivity index is 1.39. The molecule has 3 aromatic rings. The Morgan fingerprint density at radius 3 is 2.35 bits per heavy atom. The number of oxime groups is 1. The fraction of sp³-hybridized carbons (Fsp3) is 0.488. The summed E-state index contributed by atoms with van der Waals surface area (Å²) in [5.74, 6) is -2.02. The summed E-state index contributed by atoms with van der Waals surface area (Å²) in [6.07, 6.45) is 1.61. The maximum Gasteiger partial charge on any atom is 0.482 e. The minimum atomic E-state index is -0.943. The molecule has 1 aliphatic heterocycles. The molecule has 11 nitrogen and oxygen atoms in total. The molecular formula is C41H49BClFN2O9. The Morgan fingerprint density at radius 2 is 1.71 bits per heavy atom. The van der Waals surface area contributed by atoms with E-state index < -0.39 is 42.0 Å². The zero-order chi connectivity index (χ0) is 39.9. The van der Waals surface area contributed by atoms with Crippen LogP contribution in [0.3, 0.4) is 0 Å². The molecular weight excluding hydrogens is 730 g/mol. The number of nitrogens with one attached hydrogen (secondary N) is 1. The van der Waals surface area contributed by atoms with Gasteiger partial charge in [0.1, 0.15) is 29.3 Å². The summed E-state index contributed by atoms with van der Waals surface area (Å²) in [5, 5.41) is 7.47. The average Bonchev–Trinajstić information content (AvgIpc) is 3.50. The molecule has 3 saturated carbocycles. The third-order valence-corrected chi connectivity index (χ3v) is 11.6. The number of amides is 1. The van der Waals surface area contributed by atoms with E-state index >= 15 is 4.39 Å². The Hall–Kier alpha value is -4.33. The summed E-state index contributed by atoms with van der Waals surface area (Å²) in [6, 6.07) is 15.3. The van der Waals surface area contributed by atoms with Gasteiger partial charge in [-0.2, -0.15) is 0 Å². The van der Waals surface area contributed by atoms with Crippen LogP contribution in [0.5, 0.6) is 17.2 Å². The van der Waals surface area contributed by atoms with Crippen molar-refractivity contribution in [3.8, 4) is 17.2 Å². The van der Waals surface area contributed by atoms with Crippen molar-refractivity contribution in [3.63, 3.8) is 0 Å². The van der Waals surface area contributed by atoms with Gasteiger partial charge in [0.25, 0.3) is 5.91 Å². The molecule has 5 atom stereocenters. The molecule has 0 radical (unpaired) electrons. The molecule has 1 N–H and O–H groups in total. The zero-order valence-corrected chi connectivity index (χ0v) is 33.5. The summed E-state index contributed by atoms with van der Waals surface area (Å²) in [5.41, 5.74) is -0.509. The number of esters is 1. The van der Waals surface area contributed by atoms with Crippen LogP contribution in [0, 0.1) is 23.1 Å². The number of methoxy groups -OCH3 is 3. The molecule has 1 heterocycles.